The second-order valence-electron chi connectivity index (χ2n) is 2.01. The first-order valence-electron chi connectivity index (χ1n) is 3.04. The van der Waals surface area contributed by atoms with Crippen LogP contribution < -0.4 is 34.7 Å². The molecular weight excluding hydrogens is 139 g/mol. The van der Waals surface area contributed by atoms with Crippen molar-refractivity contribution in [2.24, 2.45) is 5.92 Å². The fourth-order valence-corrected chi connectivity index (χ4v) is 0.433. The van der Waals surface area contributed by atoms with Gasteiger partial charge in [-0.1, -0.05) is 13.8 Å². The van der Waals surface area contributed by atoms with Gasteiger partial charge in [-0.05, 0) is 12.5 Å². The molecule has 0 aromatic heterocycles. The van der Waals surface area contributed by atoms with Gasteiger partial charge in [-0.2, -0.15) is 0 Å². The predicted octanol–water partition coefficient (Wildman–Crippen LogP) is -2.52. The maximum absolute atomic E-state index is 10.7. The molecule has 0 aromatic carbocycles. The monoisotopic (exact) mass is 150 g/mol. The summed E-state index contributed by atoms with van der Waals surface area (Å²) < 4.78 is 0. The van der Waals surface area contributed by atoms with Crippen LogP contribution in [0.3, 0.4) is 0 Å². The van der Waals surface area contributed by atoms with Crippen molar-refractivity contribution in [2.45, 2.75) is 20.3 Å². The van der Waals surface area contributed by atoms with Gasteiger partial charge in [-0.25, -0.2) is 0 Å². The van der Waals surface area contributed by atoms with E-state index in [-0.39, 0.29) is 41.3 Å². The van der Waals surface area contributed by atoms with Crippen molar-refractivity contribution in [1.82, 2.24) is 0 Å². The molecule has 52 valence electrons. The maximum Gasteiger partial charge on any atom is 1.00 e. The molecule has 0 aromatic rings. The van der Waals surface area contributed by atoms with Crippen molar-refractivity contribution >= 4 is 5.78 Å². The van der Waals surface area contributed by atoms with Gasteiger partial charge in [-0.3, -0.25) is 4.79 Å². The van der Waals surface area contributed by atoms with Crippen molar-refractivity contribution in [1.29, 1.82) is 0 Å². The Bertz CT molecular complexity index is 121. The third kappa shape index (κ3) is 5.03. The van der Waals surface area contributed by atoms with Crippen LogP contribution in [-0.4, -0.2) is 5.78 Å². The molecule has 10 heavy (non-hydrogen) atoms. The molecule has 0 saturated carbocycles. The van der Waals surface area contributed by atoms with Crippen LogP contribution in [0, 0.1) is 5.92 Å². The Balaban J connectivity index is 0. The number of carbonyl (C=O) groups excluding carboxylic acids is 1. The molecule has 0 aliphatic carbocycles. The summed E-state index contributed by atoms with van der Waals surface area (Å²) in [5.41, 5.74) is 0. The van der Waals surface area contributed by atoms with Gasteiger partial charge in [0.2, 0.25) is 0 Å². The molecular formula is C7H11NaO2. The van der Waals surface area contributed by atoms with Crippen LogP contribution in [0.4, 0.5) is 0 Å². The summed E-state index contributed by atoms with van der Waals surface area (Å²) in [7, 11) is 0. The summed E-state index contributed by atoms with van der Waals surface area (Å²) >= 11 is 0. The van der Waals surface area contributed by atoms with E-state index in [1.807, 2.05) is 13.8 Å². The summed E-state index contributed by atoms with van der Waals surface area (Å²) in [5.74, 6) is -0.0808. The molecule has 0 aliphatic heterocycles. The first-order valence-corrected chi connectivity index (χ1v) is 3.04. The summed E-state index contributed by atoms with van der Waals surface area (Å²) in [6.45, 7) is 3.73. The predicted molar refractivity (Wildman–Crippen MR) is 33.6 cm³/mol. The second-order valence-corrected chi connectivity index (χ2v) is 2.01. The van der Waals surface area contributed by atoms with Crippen LogP contribution in [0.1, 0.15) is 20.3 Å². The average Bonchev–Trinajstić information content (AvgIpc) is 1.87. The Kier molecular flexibility index (Phi) is 9.40. The molecule has 0 radical (unpaired) electrons. The summed E-state index contributed by atoms with van der Waals surface area (Å²) in [6, 6.07) is 0. The maximum atomic E-state index is 10.7. The number of rotatable bonds is 3. The molecule has 0 saturated heterocycles. The molecule has 0 N–H and O–H groups in total. The van der Waals surface area contributed by atoms with Crippen molar-refractivity contribution in [3.05, 3.63) is 12.3 Å². The van der Waals surface area contributed by atoms with E-state index in [9.17, 15) is 9.90 Å². The van der Waals surface area contributed by atoms with Gasteiger partial charge in [0.05, 0.1) is 0 Å². The largest absolute Gasteiger partial charge is 1.00 e. The van der Waals surface area contributed by atoms with Crippen LogP contribution in [0.25, 0.3) is 0 Å². The van der Waals surface area contributed by atoms with E-state index in [2.05, 4.69) is 0 Å². The summed E-state index contributed by atoms with van der Waals surface area (Å²) in [4.78, 5) is 10.7. The molecule has 1 atom stereocenters. The zero-order valence-corrected chi connectivity index (χ0v) is 8.76. The van der Waals surface area contributed by atoms with E-state index in [1.165, 1.54) is 0 Å². The van der Waals surface area contributed by atoms with Gasteiger partial charge < -0.3 is 5.11 Å². The van der Waals surface area contributed by atoms with E-state index in [0.29, 0.717) is 6.26 Å². The number of hydrogen-bond donors (Lipinski definition) is 0. The SMILES string of the molecule is CCC(C)C(=O)/C=C/[O-].[Na+]. The summed E-state index contributed by atoms with van der Waals surface area (Å²) in [6.07, 6.45) is 2.41. The third-order valence-electron chi connectivity index (χ3n) is 1.33. The van der Waals surface area contributed by atoms with Crippen LogP contribution >= 0.6 is 0 Å². The fourth-order valence-electron chi connectivity index (χ4n) is 0.433. The summed E-state index contributed by atoms with van der Waals surface area (Å²) in [5, 5.41) is 9.76. The average molecular weight is 150 g/mol. The fraction of sp³-hybridized carbons (Fsp3) is 0.571. The topological polar surface area (TPSA) is 40.1 Å². The van der Waals surface area contributed by atoms with Gasteiger partial charge in [-0.15, -0.1) is 6.26 Å². The van der Waals surface area contributed by atoms with E-state index in [4.69, 9.17) is 0 Å². The second kappa shape index (κ2) is 7.32. The molecule has 0 rings (SSSR count). The van der Waals surface area contributed by atoms with Gasteiger partial charge in [0.15, 0.2) is 5.78 Å². The molecule has 2 nitrogen and oxygen atoms in total. The third-order valence-corrected chi connectivity index (χ3v) is 1.33. The molecule has 0 amide bonds. The van der Waals surface area contributed by atoms with Crippen LogP contribution in [0.15, 0.2) is 12.3 Å². The van der Waals surface area contributed by atoms with E-state index in [0.717, 1.165) is 12.5 Å². The molecule has 0 fully saturated rings. The quantitative estimate of drug-likeness (QED) is 0.253. The number of carbonyl (C=O) groups is 1. The Morgan fingerprint density at radius 2 is 2.20 bits per heavy atom. The zero-order chi connectivity index (χ0) is 7.28. The van der Waals surface area contributed by atoms with Crippen LogP contribution in [0.2, 0.25) is 0 Å². The van der Waals surface area contributed by atoms with Gasteiger partial charge in [0, 0.05) is 5.92 Å². The van der Waals surface area contributed by atoms with Crippen LogP contribution in [0.5, 0.6) is 0 Å². The molecule has 1 unspecified atom stereocenters. The first-order chi connectivity index (χ1) is 4.22. The molecule has 0 bridgehead atoms. The smallest absolute Gasteiger partial charge is 0.878 e. The van der Waals surface area contributed by atoms with Gasteiger partial charge >= 0.3 is 29.6 Å². The van der Waals surface area contributed by atoms with E-state index in [1.54, 1.807) is 0 Å². The van der Waals surface area contributed by atoms with Crippen molar-refractivity contribution < 1.29 is 39.5 Å². The minimum atomic E-state index is -0.0764. The minimum absolute atomic E-state index is 0. The van der Waals surface area contributed by atoms with Crippen molar-refractivity contribution in [2.75, 3.05) is 0 Å². The molecule has 0 aliphatic rings. The molecule has 0 spiro atoms. The van der Waals surface area contributed by atoms with Crippen molar-refractivity contribution in [3.63, 3.8) is 0 Å². The Morgan fingerprint density at radius 3 is 2.50 bits per heavy atom. The zero-order valence-electron chi connectivity index (χ0n) is 6.76. The Labute approximate surface area is 83.6 Å². The number of allylic oxidation sites excluding steroid dienone is 1. The van der Waals surface area contributed by atoms with E-state index >= 15 is 0 Å². The van der Waals surface area contributed by atoms with Gasteiger partial charge in [0.1, 0.15) is 0 Å². The number of hydrogen-bond acceptors (Lipinski definition) is 2. The van der Waals surface area contributed by atoms with Crippen LogP contribution in [-0.2, 0) is 4.79 Å². The number of ketones is 1. The first kappa shape index (κ1) is 12.8. The Morgan fingerprint density at radius 1 is 1.70 bits per heavy atom. The normalized spacial score (nSPS) is 12.6. The molecule has 3 heteroatoms. The minimum Gasteiger partial charge on any atom is -0.878 e. The van der Waals surface area contributed by atoms with E-state index < -0.39 is 0 Å². The van der Waals surface area contributed by atoms with Crippen molar-refractivity contribution in [3.8, 4) is 0 Å². The van der Waals surface area contributed by atoms with Gasteiger partial charge in [0.25, 0.3) is 0 Å². The Hall–Kier alpha value is 0.210. The molecule has 0 heterocycles. The standard InChI is InChI=1S/C7H12O2.Na/c1-3-6(2)7(9)4-5-8;/h4-6,8H,3H2,1-2H3;/q;+1/p-1/b5-4+;.